The fraction of sp³-hybridized carbons (Fsp3) is 0.769. The van der Waals surface area contributed by atoms with E-state index in [-0.39, 0.29) is 18.3 Å². The Labute approximate surface area is 114 Å². The van der Waals surface area contributed by atoms with E-state index in [9.17, 15) is 0 Å². The molecule has 2 rings (SSSR count). The summed E-state index contributed by atoms with van der Waals surface area (Å²) in [5.41, 5.74) is 0.323. The van der Waals surface area contributed by atoms with Gasteiger partial charge in [-0.1, -0.05) is 13.8 Å². The van der Waals surface area contributed by atoms with Gasteiger partial charge in [-0.2, -0.15) is 0 Å². The van der Waals surface area contributed by atoms with Crippen molar-refractivity contribution < 1.29 is 9.31 Å². The van der Waals surface area contributed by atoms with Crippen LogP contribution in [0.4, 0.5) is 0 Å². The molecule has 1 aromatic heterocycles. The molecule has 1 fully saturated rings. The van der Waals surface area contributed by atoms with Crippen LogP contribution in [0.25, 0.3) is 0 Å². The monoisotopic (exact) mass is 267 g/mol. The Kier molecular flexibility index (Phi) is 3.60. The van der Waals surface area contributed by atoms with E-state index in [4.69, 9.17) is 9.31 Å². The summed E-state index contributed by atoms with van der Waals surface area (Å²) in [5.74, 6) is 0.506. The molecule has 1 aromatic rings. The highest BCUT2D eigenvalue weighted by Gasteiger charge is 2.52. The van der Waals surface area contributed by atoms with Gasteiger partial charge >= 0.3 is 7.12 Å². The van der Waals surface area contributed by atoms with Gasteiger partial charge in [-0.05, 0) is 34.1 Å². The number of hydrogen-bond acceptors (Lipinski definition) is 4. The van der Waals surface area contributed by atoms with E-state index in [1.165, 1.54) is 5.01 Å². The standard InChI is InChI=1S/C13H22BNO2S/c1-7-9(2)11-15-10(8-18-11)14-16-12(3,4)13(5,6)17-14/h8-9H,7H2,1-6H3/t9-/m1/s1. The summed E-state index contributed by atoms with van der Waals surface area (Å²) < 4.78 is 12.0. The Hall–Kier alpha value is -0.385. The van der Waals surface area contributed by atoms with Crippen LogP contribution in [0.5, 0.6) is 0 Å². The van der Waals surface area contributed by atoms with Crippen LogP contribution in [0.15, 0.2) is 5.38 Å². The largest absolute Gasteiger partial charge is 0.515 e. The van der Waals surface area contributed by atoms with Crippen molar-refractivity contribution in [2.24, 2.45) is 0 Å². The second-order valence-corrected chi connectivity index (χ2v) is 6.90. The van der Waals surface area contributed by atoms with E-state index < -0.39 is 0 Å². The highest BCUT2D eigenvalue weighted by molar-refractivity contribution is 7.10. The van der Waals surface area contributed by atoms with Gasteiger partial charge in [0.1, 0.15) is 0 Å². The maximum absolute atomic E-state index is 6.00. The Bertz CT molecular complexity index is 414. The van der Waals surface area contributed by atoms with Crippen molar-refractivity contribution in [3.05, 3.63) is 10.4 Å². The lowest BCUT2D eigenvalue weighted by Crippen LogP contribution is -2.41. The number of thiazole rings is 1. The minimum atomic E-state index is -0.330. The van der Waals surface area contributed by atoms with Crippen molar-refractivity contribution in [1.82, 2.24) is 4.98 Å². The van der Waals surface area contributed by atoms with Crippen LogP contribution < -0.4 is 5.59 Å². The SMILES string of the molecule is CC[C@@H](C)c1nc(B2OC(C)(C)C(C)(C)O2)cs1. The molecule has 0 aliphatic carbocycles. The van der Waals surface area contributed by atoms with Crippen molar-refractivity contribution >= 4 is 24.0 Å². The molecule has 1 saturated heterocycles. The van der Waals surface area contributed by atoms with Gasteiger partial charge in [-0.15, -0.1) is 11.3 Å². The fourth-order valence-electron chi connectivity index (χ4n) is 1.77. The maximum Gasteiger partial charge on any atom is 0.515 e. The van der Waals surface area contributed by atoms with Crippen molar-refractivity contribution in [2.45, 2.75) is 65.1 Å². The first-order chi connectivity index (χ1) is 8.27. The molecule has 0 aromatic carbocycles. The first-order valence-corrected chi connectivity index (χ1v) is 7.46. The van der Waals surface area contributed by atoms with Gasteiger partial charge in [0.15, 0.2) is 0 Å². The molecule has 0 radical (unpaired) electrons. The quantitative estimate of drug-likeness (QED) is 0.789. The molecular weight excluding hydrogens is 245 g/mol. The summed E-state index contributed by atoms with van der Waals surface area (Å²) in [6.07, 6.45) is 1.11. The number of rotatable bonds is 3. The van der Waals surface area contributed by atoms with Gasteiger partial charge in [-0.25, -0.2) is 4.98 Å². The van der Waals surface area contributed by atoms with E-state index in [0.717, 1.165) is 12.0 Å². The number of nitrogens with zero attached hydrogens (tertiary/aromatic N) is 1. The normalized spacial score (nSPS) is 23.3. The number of hydrogen-bond donors (Lipinski definition) is 0. The van der Waals surface area contributed by atoms with Crippen molar-refractivity contribution in [2.75, 3.05) is 0 Å². The molecule has 0 saturated carbocycles. The molecule has 1 atom stereocenters. The Morgan fingerprint density at radius 1 is 1.28 bits per heavy atom. The smallest absolute Gasteiger partial charge is 0.398 e. The van der Waals surface area contributed by atoms with Crippen molar-refractivity contribution in [3.8, 4) is 0 Å². The lowest BCUT2D eigenvalue weighted by Gasteiger charge is -2.32. The van der Waals surface area contributed by atoms with E-state index in [2.05, 4.69) is 51.9 Å². The summed E-state index contributed by atoms with van der Waals surface area (Å²) in [5, 5.41) is 3.23. The summed E-state index contributed by atoms with van der Waals surface area (Å²) in [6.45, 7) is 12.6. The first kappa shape index (κ1) is 14.0. The molecule has 0 amide bonds. The van der Waals surface area contributed by atoms with Gasteiger partial charge in [0.05, 0.1) is 21.8 Å². The Balaban J connectivity index is 2.17. The summed E-state index contributed by atoms with van der Waals surface area (Å²) >= 11 is 1.70. The molecule has 0 N–H and O–H groups in total. The van der Waals surface area contributed by atoms with Crippen LogP contribution in [0.2, 0.25) is 0 Å². The van der Waals surface area contributed by atoms with Crippen LogP contribution in [-0.2, 0) is 9.31 Å². The van der Waals surface area contributed by atoms with Crippen LogP contribution in [0.1, 0.15) is 58.9 Å². The molecule has 1 aliphatic heterocycles. The zero-order valence-corrected chi connectivity index (χ0v) is 12.9. The molecule has 3 nitrogen and oxygen atoms in total. The zero-order chi connectivity index (χ0) is 13.6. The topological polar surface area (TPSA) is 31.4 Å². The van der Waals surface area contributed by atoms with Crippen LogP contribution in [-0.4, -0.2) is 23.3 Å². The van der Waals surface area contributed by atoms with Crippen LogP contribution in [0.3, 0.4) is 0 Å². The van der Waals surface area contributed by atoms with Crippen molar-refractivity contribution in [3.63, 3.8) is 0 Å². The van der Waals surface area contributed by atoms with Crippen LogP contribution in [0, 0.1) is 0 Å². The highest BCUT2D eigenvalue weighted by Crippen LogP contribution is 2.36. The van der Waals surface area contributed by atoms with E-state index in [0.29, 0.717) is 5.92 Å². The summed E-state index contributed by atoms with van der Waals surface area (Å²) in [7, 11) is -0.330. The highest BCUT2D eigenvalue weighted by atomic mass is 32.1. The van der Waals surface area contributed by atoms with Gasteiger partial charge < -0.3 is 9.31 Å². The molecule has 0 unspecified atom stereocenters. The molecule has 0 bridgehead atoms. The third kappa shape index (κ3) is 2.36. The van der Waals surface area contributed by atoms with Crippen LogP contribution >= 0.6 is 11.3 Å². The van der Waals surface area contributed by atoms with E-state index in [1.807, 2.05) is 0 Å². The zero-order valence-electron chi connectivity index (χ0n) is 12.1. The second kappa shape index (κ2) is 4.62. The predicted octanol–water partition coefficient (Wildman–Crippen LogP) is 2.96. The first-order valence-electron chi connectivity index (χ1n) is 6.58. The van der Waals surface area contributed by atoms with Gasteiger partial charge in [0.25, 0.3) is 0 Å². The molecule has 1 aliphatic rings. The second-order valence-electron chi connectivity index (χ2n) is 6.01. The summed E-state index contributed by atoms with van der Waals surface area (Å²) in [6, 6.07) is 0. The average molecular weight is 267 g/mol. The molecule has 100 valence electrons. The summed E-state index contributed by atoms with van der Waals surface area (Å²) in [4.78, 5) is 4.66. The molecule has 2 heterocycles. The number of aromatic nitrogens is 1. The molecule has 18 heavy (non-hydrogen) atoms. The minimum Gasteiger partial charge on any atom is -0.398 e. The Morgan fingerprint density at radius 2 is 1.83 bits per heavy atom. The van der Waals surface area contributed by atoms with Gasteiger partial charge in [0, 0.05) is 11.3 Å². The molecule has 5 heteroatoms. The van der Waals surface area contributed by atoms with E-state index >= 15 is 0 Å². The predicted molar refractivity (Wildman–Crippen MR) is 76.5 cm³/mol. The maximum atomic E-state index is 6.00. The van der Waals surface area contributed by atoms with Crippen molar-refractivity contribution in [1.29, 1.82) is 0 Å². The average Bonchev–Trinajstić information content (AvgIpc) is 2.82. The third-order valence-electron chi connectivity index (χ3n) is 4.07. The van der Waals surface area contributed by atoms with E-state index in [1.54, 1.807) is 11.3 Å². The lowest BCUT2D eigenvalue weighted by molar-refractivity contribution is 0.00578. The Morgan fingerprint density at radius 3 is 2.33 bits per heavy atom. The third-order valence-corrected chi connectivity index (χ3v) is 5.16. The molecular formula is C13H22BNO2S. The van der Waals surface area contributed by atoms with Gasteiger partial charge in [-0.3, -0.25) is 0 Å². The fourth-order valence-corrected chi connectivity index (χ4v) is 2.74. The molecule has 0 spiro atoms. The van der Waals surface area contributed by atoms with Gasteiger partial charge in [0.2, 0.25) is 0 Å². The lowest BCUT2D eigenvalue weighted by atomic mass is 9.86. The minimum absolute atomic E-state index is 0.294.